The molecule has 0 fully saturated rings. The summed E-state index contributed by atoms with van der Waals surface area (Å²) in [6, 6.07) is 54.6. The van der Waals surface area contributed by atoms with Gasteiger partial charge in [-0.2, -0.15) is 0 Å². The normalized spacial score (nSPS) is 15.9. The van der Waals surface area contributed by atoms with Crippen molar-refractivity contribution in [2.75, 3.05) is 0 Å². The molecule has 0 aliphatic carbocycles. The van der Waals surface area contributed by atoms with Gasteiger partial charge in [0.1, 0.15) is 0 Å². The molecule has 212 valence electrons. The van der Waals surface area contributed by atoms with Crippen molar-refractivity contribution in [3.05, 3.63) is 180 Å². The van der Waals surface area contributed by atoms with Crippen molar-refractivity contribution in [3.63, 3.8) is 0 Å². The molecule has 4 heterocycles. The van der Waals surface area contributed by atoms with Gasteiger partial charge in [-0.3, -0.25) is 4.98 Å². The number of hydrogen-bond acceptors (Lipinski definition) is 4. The third-order valence-corrected chi connectivity index (χ3v) is 11.1. The van der Waals surface area contributed by atoms with Crippen LogP contribution in [0.1, 0.15) is 22.3 Å². The smallest absolute Gasteiger partial charge is 0.0745 e. The number of hydrogen-bond donors (Lipinski definition) is 0. The van der Waals surface area contributed by atoms with Crippen LogP contribution in [-0.4, -0.2) is 9.97 Å². The molecule has 2 nitrogen and oxygen atoms in total. The van der Waals surface area contributed by atoms with Gasteiger partial charge in [-0.15, -0.1) is 0 Å². The fourth-order valence-corrected chi connectivity index (χ4v) is 9.35. The van der Waals surface area contributed by atoms with Crippen LogP contribution < -0.4 is 0 Å². The zero-order chi connectivity index (χ0) is 29.8. The Balaban J connectivity index is 1.28. The molecule has 1 atom stereocenters. The summed E-state index contributed by atoms with van der Waals surface area (Å²) in [5, 5.41) is 0. The van der Waals surface area contributed by atoms with E-state index in [0.29, 0.717) is 0 Å². The Bertz CT molecular complexity index is 2220. The minimum absolute atomic E-state index is 0.450. The molecule has 0 amide bonds. The van der Waals surface area contributed by atoms with Crippen molar-refractivity contribution in [2.24, 2.45) is 0 Å². The monoisotopic (exact) mass is 610 g/mol. The Morgan fingerprint density at radius 2 is 0.889 bits per heavy atom. The summed E-state index contributed by atoms with van der Waals surface area (Å²) in [6.45, 7) is 0. The van der Waals surface area contributed by atoms with E-state index in [1.54, 1.807) is 0 Å². The highest BCUT2D eigenvalue weighted by Gasteiger charge is 2.48. The van der Waals surface area contributed by atoms with Crippen LogP contribution >= 0.6 is 23.5 Å². The minimum Gasteiger partial charge on any atom is -0.256 e. The fourth-order valence-electron chi connectivity index (χ4n) is 6.89. The molecule has 4 heteroatoms. The molecule has 2 aliphatic heterocycles. The Kier molecular flexibility index (Phi) is 6.25. The van der Waals surface area contributed by atoms with Gasteiger partial charge in [0.15, 0.2) is 0 Å². The summed E-state index contributed by atoms with van der Waals surface area (Å²) >= 11 is 3.73. The van der Waals surface area contributed by atoms with Crippen molar-refractivity contribution in [1.82, 2.24) is 9.97 Å². The lowest BCUT2D eigenvalue weighted by atomic mass is 9.64. The van der Waals surface area contributed by atoms with Gasteiger partial charge < -0.3 is 0 Å². The number of aromatic nitrogens is 2. The molecule has 0 bridgehead atoms. The van der Waals surface area contributed by atoms with Gasteiger partial charge in [-0.05, 0) is 70.8 Å². The van der Waals surface area contributed by atoms with Gasteiger partial charge in [0.05, 0.1) is 22.5 Å². The van der Waals surface area contributed by atoms with Gasteiger partial charge in [0.25, 0.3) is 0 Å². The lowest BCUT2D eigenvalue weighted by molar-refractivity contribution is 0.667. The lowest BCUT2D eigenvalue weighted by Crippen LogP contribution is -2.36. The summed E-state index contributed by atoms with van der Waals surface area (Å²) in [7, 11) is 0. The van der Waals surface area contributed by atoms with Gasteiger partial charge in [-0.25, -0.2) is 4.98 Å². The Hall–Kier alpha value is -4.90. The molecule has 0 saturated heterocycles. The average Bonchev–Trinajstić information content (AvgIpc) is 3.12. The first-order valence-corrected chi connectivity index (χ1v) is 16.7. The Labute approximate surface area is 271 Å². The predicted molar refractivity (Wildman–Crippen MR) is 185 cm³/mol. The van der Waals surface area contributed by atoms with Crippen LogP contribution in [0, 0.1) is 0 Å². The molecular formula is C41H26N2S2. The number of rotatable bonds is 3. The zero-order valence-electron chi connectivity index (χ0n) is 24.2. The highest BCUT2D eigenvalue weighted by atomic mass is 32.2. The van der Waals surface area contributed by atoms with Crippen molar-refractivity contribution < 1.29 is 0 Å². The number of benzene rings is 5. The Morgan fingerprint density at radius 1 is 0.378 bits per heavy atom. The number of pyridine rings is 2. The maximum Gasteiger partial charge on any atom is 0.0745 e. The summed E-state index contributed by atoms with van der Waals surface area (Å²) in [5.74, 6) is 0. The SMILES string of the molecule is c1ccc(-c2cccc(-c3ccc4c(c3)Sc3ccccc3C43c4ccccc4Sc4cc(-c5ccccn5)ccc43)n2)cc1. The minimum atomic E-state index is -0.450. The summed E-state index contributed by atoms with van der Waals surface area (Å²) in [6.07, 6.45) is 1.87. The van der Waals surface area contributed by atoms with Crippen LogP contribution in [0.2, 0.25) is 0 Å². The molecule has 5 aromatic carbocycles. The fraction of sp³-hybridized carbons (Fsp3) is 0.0244. The molecule has 1 unspecified atom stereocenters. The molecule has 2 aliphatic rings. The first kappa shape index (κ1) is 26.5. The molecule has 0 N–H and O–H groups in total. The van der Waals surface area contributed by atoms with Crippen LogP contribution in [0.3, 0.4) is 0 Å². The molecule has 2 aromatic heterocycles. The third kappa shape index (κ3) is 4.21. The molecule has 7 aromatic rings. The quantitative estimate of drug-likeness (QED) is 0.199. The zero-order valence-corrected chi connectivity index (χ0v) is 25.9. The van der Waals surface area contributed by atoms with Crippen LogP contribution in [-0.2, 0) is 5.41 Å². The molecule has 0 radical (unpaired) electrons. The van der Waals surface area contributed by atoms with Crippen LogP contribution in [0.4, 0.5) is 0 Å². The predicted octanol–water partition coefficient (Wildman–Crippen LogP) is 10.8. The molecular weight excluding hydrogens is 585 g/mol. The van der Waals surface area contributed by atoms with Gasteiger partial charge >= 0.3 is 0 Å². The van der Waals surface area contributed by atoms with Gasteiger partial charge in [-0.1, -0.05) is 127 Å². The van der Waals surface area contributed by atoms with E-state index in [1.165, 1.54) is 41.8 Å². The van der Waals surface area contributed by atoms with E-state index < -0.39 is 5.41 Å². The highest BCUT2D eigenvalue weighted by Crippen LogP contribution is 2.62. The second-order valence-electron chi connectivity index (χ2n) is 11.4. The third-order valence-electron chi connectivity index (χ3n) is 8.87. The second-order valence-corrected chi connectivity index (χ2v) is 13.5. The molecule has 45 heavy (non-hydrogen) atoms. The largest absolute Gasteiger partial charge is 0.256 e. The van der Waals surface area contributed by atoms with Gasteiger partial charge in [0, 0.05) is 42.5 Å². The Morgan fingerprint density at radius 3 is 1.51 bits per heavy atom. The van der Waals surface area contributed by atoms with Crippen LogP contribution in [0.5, 0.6) is 0 Å². The van der Waals surface area contributed by atoms with E-state index in [0.717, 1.165) is 33.8 Å². The van der Waals surface area contributed by atoms with E-state index in [1.807, 2.05) is 41.9 Å². The van der Waals surface area contributed by atoms with E-state index >= 15 is 0 Å². The first-order chi connectivity index (χ1) is 22.3. The second kappa shape index (κ2) is 10.6. The number of nitrogens with zero attached hydrogens (tertiary/aromatic N) is 2. The van der Waals surface area contributed by atoms with Gasteiger partial charge in [0.2, 0.25) is 0 Å². The van der Waals surface area contributed by atoms with Crippen LogP contribution in [0.15, 0.2) is 177 Å². The average molecular weight is 611 g/mol. The van der Waals surface area contributed by atoms with Crippen molar-refractivity contribution in [2.45, 2.75) is 25.0 Å². The maximum absolute atomic E-state index is 5.10. The molecule has 9 rings (SSSR count). The van der Waals surface area contributed by atoms with Crippen molar-refractivity contribution in [3.8, 4) is 33.8 Å². The van der Waals surface area contributed by atoms with E-state index in [2.05, 4.69) is 145 Å². The van der Waals surface area contributed by atoms with E-state index in [4.69, 9.17) is 4.98 Å². The standard InChI is InChI=1S/C41H26N2S2/c1-2-11-27(12-3-1)35-16-10-17-36(43-35)29-21-23-33-40(26-29)45-38-19-7-5-14-31(38)41(33)30-13-4-6-18-37(30)44-39-25-28(20-22-32(39)41)34-15-8-9-24-42-34/h1-26H. The highest BCUT2D eigenvalue weighted by molar-refractivity contribution is 8.00. The topological polar surface area (TPSA) is 25.8 Å². The summed E-state index contributed by atoms with van der Waals surface area (Å²) in [5.41, 5.74) is 11.2. The maximum atomic E-state index is 5.10. The van der Waals surface area contributed by atoms with Crippen molar-refractivity contribution >= 4 is 23.5 Å². The summed E-state index contributed by atoms with van der Waals surface area (Å²) in [4.78, 5) is 14.9. The van der Waals surface area contributed by atoms with Crippen molar-refractivity contribution in [1.29, 1.82) is 0 Å². The molecule has 0 saturated carbocycles. The summed E-state index contributed by atoms with van der Waals surface area (Å²) < 4.78 is 0. The lowest BCUT2D eigenvalue weighted by Gasteiger charge is -2.45. The molecule has 1 spiro atoms. The van der Waals surface area contributed by atoms with E-state index in [-0.39, 0.29) is 0 Å². The van der Waals surface area contributed by atoms with E-state index in [9.17, 15) is 0 Å². The first-order valence-electron chi connectivity index (χ1n) is 15.1. The number of fused-ring (bicyclic) bond motifs is 8. The van der Waals surface area contributed by atoms with Crippen LogP contribution in [0.25, 0.3) is 33.8 Å².